The Morgan fingerprint density at radius 1 is 0.821 bits per heavy atom. The van der Waals surface area contributed by atoms with E-state index in [-0.39, 0.29) is 23.5 Å². The first-order valence-electron chi connectivity index (χ1n) is 11.5. The van der Waals surface area contributed by atoms with Gasteiger partial charge in [0.25, 0.3) is 0 Å². The summed E-state index contributed by atoms with van der Waals surface area (Å²) in [6, 6.07) is 20.6. The molecule has 0 aliphatic carbocycles. The van der Waals surface area contributed by atoms with Crippen molar-refractivity contribution in [2.75, 3.05) is 6.26 Å². The van der Waals surface area contributed by atoms with Crippen LogP contribution in [-0.2, 0) is 45.7 Å². The second-order valence-electron chi connectivity index (χ2n) is 8.77. The molecule has 0 aliphatic heterocycles. The number of thiophene rings is 1. The minimum absolute atomic E-state index is 0.0190. The first-order valence-corrected chi connectivity index (χ1v) is 15.7. The zero-order valence-corrected chi connectivity index (χ0v) is 23.0. The molecule has 12 heteroatoms. The molecule has 0 saturated carbocycles. The lowest BCUT2D eigenvalue weighted by Crippen LogP contribution is -2.31. The lowest BCUT2D eigenvalue weighted by atomic mass is 10.1. The minimum atomic E-state index is -4.86. The summed E-state index contributed by atoms with van der Waals surface area (Å²) in [6.45, 7) is -0.822. The van der Waals surface area contributed by atoms with E-state index in [1.165, 1.54) is 29.5 Å². The highest BCUT2D eigenvalue weighted by atomic mass is 32.2. The Balaban J connectivity index is 1.74. The summed E-state index contributed by atoms with van der Waals surface area (Å²) >= 11 is 1.19. The molecule has 39 heavy (non-hydrogen) atoms. The van der Waals surface area contributed by atoms with Crippen LogP contribution < -0.4 is 0 Å². The van der Waals surface area contributed by atoms with Gasteiger partial charge in [-0.2, -0.15) is 17.5 Å². The second kappa shape index (κ2) is 11.2. The number of hydrogen-bond acceptors (Lipinski definition) is 6. The van der Waals surface area contributed by atoms with Gasteiger partial charge in [-0.15, -0.1) is 11.3 Å². The molecule has 1 N–H and O–H groups in total. The first-order chi connectivity index (χ1) is 18.3. The van der Waals surface area contributed by atoms with Crippen molar-refractivity contribution in [2.45, 2.75) is 35.7 Å². The Morgan fingerprint density at radius 2 is 1.49 bits per heavy atom. The minimum Gasteiger partial charge on any atom is -0.392 e. The fourth-order valence-electron chi connectivity index (χ4n) is 4.05. The van der Waals surface area contributed by atoms with Gasteiger partial charge in [-0.3, -0.25) is 0 Å². The number of halogens is 3. The molecule has 0 saturated heterocycles. The predicted molar refractivity (Wildman–Crippen MR) is 143 cm³/mol. The molecule has 1 heterocycles. The number of alkyl halides is 3. The molecule has 0 aliphatic rings. The van der Waals surface area contributed by atoms with E-state index in [4.69, 9.17) is 0 Å². The van der Waals surface area contributed by atoms with Crippen LogP contribution in [0.5, 0.6) is 0 Å². The van der Waals surface area contributed by atoms with Gasteiger partial charge >= 0.3 is 6.18 Å². The molecular formula is C27H24F3NO5S3. The predicted octanol–water partition coefficient (Wildman–Crippen LogP) is 5.72. The van der Waals surface area contributed by atoms with Crippen molar-refractivity contribution >= 4 is 31.2 Å². The van der Waals surface area contributed by atoms with Crippen LogP contribution in [-0.4, -0.2) is 32.5 Å². The van der Waals surface area contributed by atoms with Gasteiger partial charge in [-0.1, -0.05) is 54.6 Å². The molecule has 0 radical (unpaired) electrons. The third-order valence-corrected chi connectivity index (χ3v) is 10.1. The third kappa shape index (κ3) is 6.59. The number of aliphatic hydroxyl groups is 1. The van der Waals surface area contributed by atoms with E-state index in [2.05, 4.69) is 0 Å². The highest BCUT2D eigenvalue weighted by molar-refractivity contribution is 7.90. The Kier molecular flexibility index (Phi) is 8.33. The summed E-state index contributed by atoms with van der Waals surface area (Å²) in [5, 5.41) is 9.51. The first kappa shape index (κ1) is 29.0. The lowest BCUT2D eigenvalue weighted by Gasteiger charge is -2.24. The Labute approximate surface area is 229 Å². The molecule has 4 rings (SSSR count). The van der Waals surface area contributed by atoms with Crippen LogP contribution in [0.2, 0.25) is 0 Å². The van der Waals surface area contributed by atoms with E-state index >= 15 is 0 Å². The number of benzene rings is 3. The Bertz CT molecular complexity index is 1680. The van der Waals surface area contributed by atoms with Crippen LogP contribution >= 0.6 is 11.3 Å². The van der Waals surface area contributed by atoms with Crippen LogP contribution in [0.15, 0.2) is 94.7 Å². The highest BCUT2D eigenvalue weighted by Crippen LogP contribution is 2.37. The van der Waals surface area contributed by atoms with E-state index in [1.807, 2.05) is 0 Å². The fourth-order valence-corrected chi connectivity index (χ4v) is 7.72. The number of rotatable bonds is 9. The van der Waals surface area contributed by atoms with Gasteiger partial charge in [0.2, 0.25) is 10.0 Å². The topological polar surface area (TPSA) is 91.8 Å². The normalized spacial score (nSPS) is 12.7. The smallest absolute Gasteiger partial charge is 0.392 e. The van der Waals surface area contributed by atoms with Gasteiger partial charge in [0.1, 0.15) is 0 Å². The maximum Gasteiger partial charge on any atom is 0.417 e. The van der Waals surface area contributed by atoms with Gasteiger partial charge in [0.15, 0.2) is 9.84 Å². The van der Waals surface area contributed by atoms with Gasteiger partial charge < -0.3 is 5.11 Å². The molecule has 0 bridgehead atoms. The summed E-state index contributed by atoms with van der Waals surface area (Å²) < 4.78 is 93.9. The monoisotopic (exact) mass is 595 g/mol. The van der Waals surface area contributed by atoms with Crippen LogP contribution in [0.1, 0.15) is 21.6 Å². The quantitative estimate of drug-likeness (QED) is 0.267. The van der Waals surface area contributed by atoms with E-state index in [0.29, 0.717) is 20.9 Å². The maximum atomic E-state index is 13.7. The zero-order chi connectivity index (χ0) is 28.4. The average Bonchev–Trinajstić information content (AvgIpc) is 3.36. The molecule has 0 fully saturated rings. The summed E-state index contributed by atoms with van der Waals surface area (Å²) in [4.78, 5) is 0.324. The molecule has 0 unspecified atom stereocenters. The number of sulfonamides is 1. The summed E-state index contributed by atoms with van der Waals surface area (Å²) in [6.07, 6.45) is -3.83. The zero-order valence-electron chi connectivity index (χ0n) is 20.6. The van der Waals surface area contributed by atoms with Crippen LogP contribution in [0.25, 0.3) is 10.4 Å². The second-order valence-corrected chi connectivity index (χ2v) is 13.8. The number of aliphatic hydroxyl groups excluding tert-OH is 1. The summed E-state index contributed by atoms with van der Waals surface area (Å²) in [5.41, 5.74) is 0.150. The van der Waals surface area contributed by atoms with E-state index in [1.54, 1.807) is 48.5 Å². The van der Waals surface area contributed by atoms with Gasteiger partial charge in [0, 0.05) is 29.1 Å². The van der Waals surface area contributed by atoms with Crippen molar-refractivity contribution in [1.29, 1.82) is 0 Å². The number of nitrogens with zero attached hydrogens (tertiary/aromatic N) is 1. The van der Waals surface area contributed by atoms with Crippen molar-refractivity contribution in [3.63, 3.8) is 0 Å². The molecule has 0 atom stereocenters. The Morgan fingerprint density at radius 3 is 2.13 bits per heavy atom. The van der Waals surface area contributed by atoms with Crippen LogP contribution in [0, 0.1) is 0 Å². The standard InChI is InChI=1S/C27H24F3NO5S3/c1-38(33,34)26-15-20(11-12-21(26)18-32)24-14-13-22(37-24)17-31(16-19-7-3-2-4-8-19)39(35,36)25-10-6-5-9-23(25)27(28,29)30/h2-15,32H,16-18H2,1H3. The van der Waals surface area contributed by atoms with Gasteiger partial charge in [0.05, 0.1) is 22.0 Å². The van der Waals surface area contributed by atoms with Crippen molar-refractivity contribution in [3.8, 4) is 10.4 Å². The molecule has 6 nitrogen and oxygen atoms in total. The van der Waals surface area contributed by atoms with E-state index in [0.717, 1.165) is 28.8 Å². The van der Waals surface area contributed by atoms with Crippen LogP contribution in [0.4, 0.5) is 13.2 Å². The molecular weight excluding hydrogens is 571 g/mol. The third-order valence-electron chi connectivity index (χ3n) is 5.93. The molecule has 3 aromatic carbocycles. The lowest BCUT2D eigenvalue weighted by molar-refractivity contribution is -0.139. The molecule has 206 valence electrons. The fraction of sp³-hybridized carbons (Fsp3) is 0.185. The molecule has 1 aromatic heterocycles. The average molecular weight is 596 g/mol. The van der Waals surface area contributed by atoms with Gasteiger partial charge in [-0.05, 0) is 47.0 Å². The van der Waals surface area contributed by atoms with Crippen molar-refractivity contribution < 1.29 is 35.1 Å². The van der Waals surface area contributed by atoms with Crippen molar-refractivity contribution in [2.24, 2.45) is 0 Å². The van der Waals surface area contributed by atoms with Crippen molar-refractivity contribution in [1.82, 2.24) is 4.31 Å². The molecule has 4 aromatic rings. The number of hydrogen-bond donors (Lipinski definition) is 1. The molecule has 0 spiro atoms. The van der Waals surface area contributed by atoms with Gasteiger partial charge in [-0.25, -0.2) is 16.8 Å². The SMILES string of the molecule is CS(=O)(=O)c1cc(-c2ccc(CN(Cc3ccccc3)S(=O)(=O)c3ccccc3C(F)(F)F)s2)ccc1CO. The van der Waals surface area contributed by atoms with E-state index < -0.39 is 43.1 Å². The summed E-state index contributed by atoms with van der Waals surface area (Å²) in [7, 11) is -8.21. The Hall–Kier alpha value is -3.03. The van der Waals surface area contributed by atoms with E-state index in [9.17, 15) is 35.1 Å². The maximum absolute atomic E-state index is 13.7. The van der Waals surface area contributed by atoms with Crippen LogP contribution in [0.3, 0.4) is 0 Å². The number of sulfone groups is 1. The largest absolute Gasteiger partial charge is 0.417 e. The van der Waals surface area contributed by atoms with Crippen molar-refractivity contribution in [3.05, 3.63) is 106 Å². The highest BCUT2D eigenvalue weighted by Gasteiger charge is 2.39. The summed E-state index contributed by atoms with van der Waals surface area (Å²) in [5.74, 6) is 0. The molecule has 0 amide bonds.